The Balaban J connectivity index is 2.45. The van der Waals surface area contributed by atoms with Crippen molar-refractivity contribution in [1.29, 1.82) is 0 Å². The molecule has 0 spiro atoms. The van der Waals surface area contributed by atoms with Crippen LogP contribution in [0.4, 0.5) is 5.95 Å². The lowest BCUT2D eigenvalue weighted by molar-refractivity contribution is 0.373. The summed E-state index contributed by atoms with van der Waals surface area (Å²) < 4.78 is 6.41. The molecule has 0 aliphatic rings. The van der Waals surface area contributed by atoms with Gasteiger partial charge in [0.2, 0.25) is 5.95 Å². The first-order chi connectivity index (χ1) is 7.61. The number of hydrogen-bond donors (Lipinski definition) is 2. The maximum absolute atomic E-state index is 9.61. The van der Waals surface area contributed by atoms with Crippen LogP contribution >= 0.6 is 0 Å². The smallest absolute Gasteiger partial charge is 0.218 e. The van der Waals surface area contributed by atoms with Gasteiger partial charge < -0.3 is 15.6 Å². The van der Waals surface area contributed by atoms with Crippen molar-refractivity contribution in [2.45, 2.75) is 0 Å². The van der Waals surface area contributed by atoms with Gasteiger partial charge in [-0.1, -0.05) is 0 Å². The second kappa shape index (κ2) is 3.73. The predicted molar refractivity (Wildman–Crippen MR) is 59.1 cm³/mol. The number of aryl methyl sites for hydroxylation is 1. The van der Waals surface area contributed by atoms with E-state index in [-0.39, 0.29) is 5.75 Å². The van der Waals surface area contributed by atoms with Crippen LogP contribution in [-0.2, 0) is 7.05 Å². The van der Waals surface area contributed by atoms with Crippen molar-refractivity contribution in [1.82, 2.24) is 14.8 Å². The number of nitrogen functional groups attached to an aromatic ring is 1. The van der Waals surface area contributed by atoms with Gasteiger partial charge in [-0.2, -0.15) is 4.98 Å². The topological polar surface area (TPSA) is 86.2 Å². The molecule has 0 saturated carbocycles. The Bertz CT molecular complexity index is 502. The van der Waals surface area contributed by atoms with Crippen molar-refractivity contribution < 1.29 is 9.84 Å². The van der Waals surface area contributed by atoms with E-state index in [1.165, 1.54) is 17.9 Å². The molecule has 0 saturated heterocycles. The van der Waals surface area contributed by atoms with Crippen molar-refractivity contribution in [3.8, 4) is 22.9 Å². The van der Waals surface area contributed by atoms with Gasteiger partial charge in [-0.05, 0) is 18.2 Å². The van der Waals surface area contributed by atoms with Gasteiger partial charge in [-0.25, -0.2) is 4.68 Å². The normalized spacial score (nSPS) is 10.4. The lowest BCUT2D eigenvalue weighted by Gasteiger charge is -2.03. The number of phenolic OH excluding ortho intramolecular Hbond substituents is 1. The number of aromatic hydroxyl groups is 1. The third-order valence-electron chi connectivity index (χ3n) is 2.23. The summed E-state index contributed by atoms with van der Waals surface area (Å²) in [5, 5.41) is 13.7. The Kier molecular flexibility index (Phi) is 2.40. The largest absolute Gasteiger partial charge is 0.504 e. The average molecular weight is 220 g/mol. The lowest BCUT2D eigenvalue weighted by Crippen LogP contribution is -1.97. The van der Waals surface area contributed by atoms with Gasteiger partial charge in [-0.3, -0.25) is 0 Å². The summed E-state index contributed by atoms with van der Waals surface area (Å²) in [5.74, 6) is 1.25. The minimum Gasteiger partial charge on any atom is -0.504 e. The number of methoxy groups -OCH3 is 1. The number of phenols is 1. The lowest BCUT2D eigenvalue weighted by atomic mass is 10.2. The standard InChI is InChI=1S/C10H12N4O2/c1-14-10(11)12-9(13-14)6-3-4-8(16-2)7(15)5-6/h3-5,15H,1-2H3,(H2,11,12,13). The number of ether oxygens (including phenoxy) is 1. The zero-order chi connectivity index (χ0) is 11.7. The molecule has 0 aliphatic carbocycles. The summed E-state index contributed by atoms with van der Waals surface area (Å²) in [6, 6.07) is 4.94. The van der Waals surface area contributed by atoms with Gasteiger partial charge in [0.1, 0.15) is 0 Å². The molecule has 6 nitrogen and oxygen atoms in total. The number of benzene rings is 1. The Hall–Kier alpha value is -2.24. The second-order valence-electron chi connectivity index (χ2n) is 3.30. The number of nitrogens with two attached hydrogens (primary N) is 1. The molecule has 2 rings (SSSR count). The highest BCUT2D eigenvalue weighted by Gasteiger charge is 2.09. The van der Waals surface area contributed by atoms with Crippen LogP contribution in [-0.4, -0.2) is 27.0 Å². The summed E-state index contributed by atoms with van der Waals surface area (Å²) >= 11 is 0. The highest BCUT2D eigenvalue weighted by molar-refractivity contribution is 5.61. The van der Waals surface area contributed by atoms with Crippen molar-refractivity contribution in [3.05, 3.63) is 18.2 Å². The third kappa shape index (κ3) is 1.65. The highest BCUT2D eigenvalue weighted by Crippen LogP contribution is 2.30. The van der Waals surface area contributed by atoms with E-state index in [1.54, 1.807) is 19.2 Å². The molecule has 1 aromatic heterocycles. The fraction of sp³-hybridized carbons (Fsp3) is 0.200. The summed E-state index contributed by atoms with van der Waals surface area (Å²) in [6.45, 7) is 0. The molecular weight excluding hydrogens is 208 g/mol. The average Bonchev–Trinajstić information content (AvgIpc) is 2.59. The van der Waals surface area contributed by atoms with E-state index in [9.17, 15) is 5.11 Å². The Morgan fingerprint density at radius 1 is 1.44 bits per heavy atom. The van der Waals surface area contributed by atoms with Crippen molar-refractivity contribution >= 4 is 5.95 Å². The molecule has 0 aliphatic heterocycles. The molecule has 6 heteroatoms. The minimum atomic E-state index is 0.0472. The fourth-order valence-corrected chi connectivity index (χ4v) is 1.35. The molecule has 84 valence electrons. The quantitative estimate of drug-likeness (QED) is 0.781. The van der Waals surface area contributed by atoms with Crippen LogP contribution in [0.5, 0.6) is 11.5 Å². The number of hydrogen-bond acceptors (Lipinski definition) is 5. The summed E-state index contributed by atoms with van der Waals surface area (Å²) in [4.78, 5) is 4.05. The molecule has 16 heavy (non-hydrogen) atoms. The zero-order valence-electron chi connectivity index (χ0n) is 9.01. The van der Waals surface area contributed by atoms with E-state index in [0.29, 0.717) is 23.1 Å². The van der Waals surface area contributed by atoms with Crippen LogP contribution in [0.15, 0.2) is 18.2 Å². The van der Waals surface area contributed by atoms with Crippen molar-refractivity contribution in [3.63, 3.8) is 0 Å². The van der Waals surface area contributed by atoms with Crippen LogP contribution in [0, 0.1) is 0 Å². The first-order valence-corrected chi connectivity index (χ1v) is 4.65. The maximum Gasteiger partial charge on any atom is 0.218 e. The van der Waals surface area contributed by atoms with Gasteiger partial charge in [0.25, 0.3) is 0 Å². The number of anilines is 1. The van der Waals surface area contributed by atoms with Crippen LogP contribution in [0.3, 0.4) is 0 Å². The van der Waals surface area contributed by atoms with Gasteiger partial charge in [0.15, 0.2) is 17.3 Å². The Labute approximate surface area is 92.3 Å². The molecule has 0 bridgehead atoms. The summed E-state index contributed by atoms with van der Waals surface area (Å²) in [6.07, 6.45) is 0. The molecule has 0 atom stereocenters. The van der Waals surface area contributed by atoms with Gasteiger partial charge in [0.05, 0.1) is 7.11 Å². The summed E-state index contributed by atoms with van der Waals surface area (Å²) in [5.41, 5.74) is 6.26. The first kappa shape index (κ1) is 10.3. The van der Waals surface area contributed by atoms with E-state index in [1.807, 2.05) is 0 Å². The molecule has 0 radical (unpaired) electrons. The van der Waals surface area contributed by atoms with Crippen LogP contribution in [0.1, 0.15) is 0 Å². The molecule has 1 aromatic carbocycles. The van der Waals surface area contributed by atoms with Gasteiger partial charge in [0, 0.05) is 12.6 Å². The SMILES string of the molecule is COc1ccc(-c2nc(N)n(C)n2)cc1O. The zero-order valence-corrected chi connectivity index (χ0v) is 9.01. The van der Waals surface area contributed by atoms with Crippen molar-refractivity contribution in [2.75, 3.05) is 12.8 Å². The van der Waals surface area contributed by atoms with Crippen molar-refractivity contribution in [2.24, 2.45) is 7.05 Å². The molecule has 3 N–H and O–H groups in total. The van der Waals surface area contributed by atoms with Crippen LogP contribution in [0.2, 0.25) is 0 Å². The van der Waals surface area contributed by atoms with Gasteiger partial charge in [-0.15, -0.1) is 5.10 Å². The van der Waals surface area contributed by atoms with E-state index in [2.05, 4.69) is 10.1 Å². The fourth-order valence-electron chi connectivity index (χ4n) is 1.35. The molecule has 0 unspecified atom stereocenters. The number of aromatic nitrogens is 3. The second-order valence-corrected chi connectivity index (χ2v) is 3.30. The molecular formula is C10H12N4O2. The minimum absolute atomic E-state index is 0.0472. The van der Waals surface area contributed by atoms with E-state index in [0.717, 1.165) is 0 Å². The molecule has 1 heterocycles. The number of rotatable bonds is 2. The molecule has 2 aromatic rings. The highest BCUT2D eigenvalue weighted by atomic mass is 16.5. The number of nitrogens with zero attached hydrogens (tertiary/aromatic N) is 3. The Morgan fingerprint density at radius 2 is 2.19 bits per heavy atom. The van der Waals surface area contributed by atoms with Crippen LogP contribution in [0.25, 0.3) is 11.4 Å². The van der Waals surface area contributed by atoms with Gasteiger partial charge >= 0.3 is 0 Å². The molecule has 0 fully saturated rings. The monoisotopic (exact) mass is 220 g/mol. The maximum atomic E-state index is 9.61. The van der Waals surface area contributed by atoms with Crippen LogP contribution < -0.4 is 10.5 Å². The van der Waals surface area contributed by atoms with E-state index in [4.69, 9.17) is 10.5 Å². The third-order valence-corrected chi connectivity index (χ3v) is 2.23. The molecule has 0 amide bonds. The summed E-state index contributed by atoms with van der Waals surface area (Å²) in [7, 11) is 3.20. The first-order valence-electron chi connectivity index (χ1n) is 4.65. The Morgan fingerprint density at radius 3 is 2.69 bits per heavy atom. The van der Waals surface area contributed by atoms with E-state index >= 15 is 0 Å². The van der Waals surface area contributed by atoms with E-state index < -0.39 is 0 Å². The predicted octanol–water partition coefficient (Wildman–Crippen LogP) is 0.778.